The molecule has 0 atom stereocenters. The third-order valence-corrected chi connectivity index (χ3v) is 5.22. The van der Waals surface area contributed by atoms with E-state index in [2.05, 4.69) is 10.1 Å². The van der Waals surface area contributed by atoms with Gasteiger partial charge in [-0.2, -0.15) is 13.2 Å². The zero-order valence-corrected chi connectivity index (χ0v) is 17.1. The van der Waals surface area contributed by atoms with Crippen molar-refractivity contribution in [3.63, 3.8) is 0 Å². The topological polar surface area (TPSA) is 92.8 Å². The minimum atomic E-state index is -4.67. The number of halogens is 3. The van der Waals surface area contributed by atoms with Gasteiger partial charge in [0.1, 0.15) is 6.54 Å². The van der Waals surface area contributed by atoms with Crippen LogP contribution in [0.15, 0.2) is 42.5 Å². The van der Waals surface area contributed by atoms with Crippen LogP contribution in [0, 0.1) is 6.92 Å². The quantitative estimate of drug-likeness (QED) is 0.691. The van der Waals surface area contributed by atoms with Gasteiger partial charge >= 0.3 is 12.1 Å². The number of methoxy groups -OCH3 is 1. The molecule has 0 aliphatic carbocycles. The Morgan fingerprint density at radius 2 is 1.80 bits per heavy atom. The standard InChI is InChI=1S/C19H19F3N2O5S/c1-12-7-8-13(18(26)29-2)9-16(12)23-17(25)11-24(30(3,27)28)15-6-4-5-14(10-15)19(20,21)22/h4-10H,11H2,1-3H3,(H,23,25). The van der Waals surface area contributed by atoms with Gasteiger partial charge in [-0.3, -0.25) is 9.10 Å². The number of aryl methyl sites for hydroxylation is 1. The van der Waals surface area contributed by atoms with Crippen LogP contribution in [-0.2, 0) is 25.7 Å². The van der Waals surface area contributed by atoms with Crippen molar-refractivity contribution in [2.75, 3.05) is 29.5 Å². The Hall–Kier alpha value is -3.08. The first kappa shape index (κ1) is 23.2. The number of carbonyl (C=O) groups is 2. The van der Waals surface area contributed by atoms with Gasteiger partial charge in [0.05, 0.1) is 30.2 Å². The normalized spacial score (nSPS) is 11.7. The van der Waals surface area contributed by atoms with Crippen LogP contribution in [-0.4, -0.2) is 40.2 Å². The fourth-order valence-electron chi connectivity index (χ4n) is 2.56. The Kier molecular flexibility index (Phi) is 6.76. The summed E-state index contributed by atoms with van der Waals surface area (Å²) in [5.41, 5.74) is -0.365. The maximum Gasteiger partial charge on any atom is 0.416 e. The van der Waals surface area contributed by atoms with E-state index >= 15 is 0 Å². The Morgan fingerprint density at radius 1 is 1.13 bits per heavy atom. The van der Waals surface area contributed by atoms with Gasteiger partial charge in [-0.1, -0.05) is 12.1 Å². The van der Waals surface area contributed by atoms with Crippen molar-refractivity contribution >= 4 is 33.3 Å². The highest BCUT2D eigenvalue weighted by Crippen LogP contribution is 2.32. The van der Waals surface area contributed by atoms with Crippen molar-refractivity contribution < 1.29 is 35.9 Å². The molecule has 2 aromatic rings. The Morgan fingerprint density at radius 3 is 2.37 bits per heavy atom. The lowest BCUT2D eigenvalue weighted by Gasteiger charge is -2.23. The first-order valence-corrected chi connectivity index (χ1v) is 10.3. The number of anilines is 2. The van der Waals surface area contributed by atoms with Crippen molar-refractivity contribution in [3.8, 4) is 0 Å². The number of nitrogens with one attached hydrogen (secondary N) is 1. The summed E-state index contributed by atoms with van der Waals surface area (Å²) in [6, 6.07) is 8.06. The van der Waals surface area contributed by atoms with E-state index in [1.807, 2.05) is 0 Å². The molecule has 0 spiro atoms. The number of alkyl halides is 3. The van der Waals surface area contributed by atoms with Crippen molar-refractivity contribution in [2.24, 2.45) is 0 Å². The predicted octanol–water partition coefficient (Wildman–Crippen LogP) is 3.21. The average molecular weight is 444 g/mol. The summed E-state index contributed by atoms with van der Waals surface area (Å²) in [5, 5.41) is 2.47. The molecule has 11 heteroatoms. The summed E-state index contributed by atoms with van der Waals surface area (Å²) in [7, 11) is -2.88. The molecule has 0 heterocycles. The molecule has 0 radical (unpaired) electrons. The van der Waals surface area contributed by atoms with Crippen LogP contribution in [0.4, 0.5) is 24.5 Å². The third-order valence-electron chi connectivity index (χ3n) is 4.08. The number of esters is 1. The Bertz CT molecular complexity index is 1070. The maximum absolute atomic E-state index is 13.0. The SMILES string of the molecule is COC(=O)c1ccc(C)c(NC(=O)CN(c2cccc(C(F)(F)F)c2)S(C)(=O)=O)c1. The number of benzene rings is 2. The van der Waals surface area contributed by atoms with Gasteiger partial charge in [0, 0.05) is 5.69 Å². The maximum atomic E-state index is 13.0. The molecular weight excluding hydrogens is 425 g/mol. The molecule has 7 nitrogen and oxygen atoms in total. The number of amides is 1. The average Bonchev–Trinajstić information content (AvgIpc) is 2.65. The lowest BCUT2D eigenvalue weighted by Crippen LogP contribution is -2.37. The first-order chi connectivity index (χ1) is 13.8. The Balaban J connectivity index is 2.31. The molecule has 2 rings (SSSR count). The summed E-state index contributed by atoms with van der Waals surface area (Å²) in [6.45, 7) is 0.889. The van der Waals surface area contributed by atoms with E-state index in [1.165, 1.54) is 19.2 Å². The third kappa shape index (κ3) is 5.72. The van der Waals surface area contributed by atoms with Gasteiger partial charge in [-0.05, 0) is 42.8 Å². The number of hydrogen-bond acceptors (Lipinski definition) is 5. The monoisotopic (exact) mass is 444 g/mol. The highest BCUT2D eigenvalue weighted by Gasteiger charge is 2.32. The highest BCUT2D eigenvalue weighted by molar-refractivity contribution is 7.92. The van der Waals surface area contributed by atoms with Gasteiger partial charge in [0.2, 0.25) is 15.9 Å². The van der Waals surface area contributed by atoms with Crippen molar-refractivity contribution in [2.45, 2.75) is 13.1 Å². The molecule has 0 saturated carbocycles. The van der Waals surface area contributed by atoms with E-state index in [0.29, 0.717) is 15.9 Å². The number of ether oxygens (including phenoxy) is 1. The van der Waals surface area contributed by atoms with E-state index in [9.17, 15) is 31.2 Å². The van der Waals surface area contributed by atoms with Gasteiger partial charge in [0.15, 0.2) is 0 Å². The molecule has 0 aliphatic heterocycles. The molecule has 30 heavy (non-hydrogen) atoms. The largest absolute Gasteiger partial charge is 0.465 e. The molecule has 1 N–H and O–H groups in total. The number of carbonyl (C=O) groups excluding carboxylic acids is 2. The number of rotatable bonds is 6. The smallest absolute Gasteiger partial charge is 0.416 e. The fourth-order valence-corrected chi connectivity index (χ4v) is 3.41. The van der Waals surface area contributed by atoms with Crippen LogP contribution >= 0.6 is 0 Å². The summed E-state index contributed by atoms with van der Waals surface area (Å²) in [4.78, 5) is 24.1. The fraction of sp³-hybridized carbons (Fsp3) is 0.263. The summed E-state index contributed by atoms with van der Waals surface area (Å²) in [5.74, 6) is -1.44. The Labute approximate surface area is 171 Å². The molecule has 0 aromatic heterocycles. The second-order valence-corrected chi connectivity index (χ2v) is 8.29. The van der Waals surface area contributed by atoms with E-state index in [0.717, 1.165) is 24.5 Å². The second-order valence-electron chi connectivity index (χ2n) is 6.39. The molecule has 0 fully saturated rings. The van der Waals surface area contributed by atoms with Crippen molar-refractivity contribution in [3.05, 3.63) is 59.2 Å². The van der Waals surface area contributed by atoms with Crippen LogP contribution in [0.3, 0.4) is 0 Å². The molecule has 0 bridgehead atoms. The first-order valence-electron chi connectivity index (χ1n) is 8.46. The summed E-state index contributed by atoms with van der Waals surface area (Å²) in [6.07, 6.45) is -3.89. The molecular formula is C19H19F3N2O5S. The predicted molar refractivity (Wildman–Crippen MR) is 105 cm³/mol. The van der Waals surface area contributed by atoms with Crippen LogP contribution in [0.1, 0.15) is 21.5 Å². The lowest BCUT2D eigenvalue weighted by molar-refractivity contribution is -0.137. The molecule has 1 amide bonds. The molecule has 0 aliphatic rings. The van der Waals surface area contributed by atoms with E-state index in [4.69, 9.17) is 0 Å². The van der Waals surface area contributed by atoms with Crippen molar-refractivity contribution in [1.29, 1.82) is 0 Å². The van der Waals surface area contributed by atoms with Crippen LogP contribution < -0.4 is 9.62 Å². The van der Waals surface area contributed by atoms with Crippen LogP contribution in [0.2, 0.25) is 0 Å². The van der Waals surface area contributed by atoms with Crippen molar-refractivity contribution in [1.82, 2.24) is 0 Å². The van der Waals surface area contributed by atoms with Crippen LogP contribution in [0.25, 0.3) is 0 Å². The van der Waals surface area contributed by atoms with E-state index in [-0.39, 0.29) is 16.9 Å². The number of nitrogens with zero attached hydrogens (tertiary/aromatic N) is 1. The molecule has 0 unspecified atom stereocenters. The minimum absolute atomic E-state index is 0.163. The number of hydrogen-bond donors (Lipinski definition) is 1. The summed E-state index contributed by atoms with van der Waals surface area (Å²) < 4.78 is 68.4. The number of sulfonamides is 1. The van der Waals surface area contributed by atoms with E-state index in [1.54, 1.807) is 13.0 Å². The van der Waals surface area contributed by atoms with E-state index < -0.39 is 40.2 Å². The second kappa shape index (κ2) is 8.74. The zero-order valence-electron chi connectivity index (χ0n) is 16.3. The van der Waals surface area contributed by atoms with Gasteiger partial charge in [0.25, 0.3) is 0 Å². The summed E-state index contributed by atoms with van der Waals surface area (Å²) >= 11 is 0. The highest BCUT2D eigenvalue weighted by atomic mass is 32.2. The van der Waals surface area contributed by atoms with Gasteiger partial charge in [-0.15, -0.1) is 0 Å². The minimum Gasteiger partial charge on any atom is -0.465 e. The molecule has 162 valence electrons. The van der Waals surface area contributed by atoms with Gasteiger partial charge < -0.3 is 10.1 Å². The van der Waals surface area contributed by atoms with Crippen LogP contribution in [0.5, 0.6) is 0 Å². The zero-order chi connectivity index (χ0) is 22.7. The molecule has 2 aromatic carbocycles. The lowest BCUT2D eigenvalue weighted by atomic mass is 10.1. The molecule has 0 saturated heterocycles. The van der Waals surface area contributed by atoms with Gasteiger partial charge in [-0.25, -0.2) is 13.2 Å².